The van der Waals surface area contributed by atoms with Gasteiger partial charge in [0.1, 0.15) is 5.69 Å². The molecular formula is C15H17N5O4. The number of hydrogen-bond acceptors (Lipinski definition) is 6. The summed E-state index contributed by atoms with van der Waals surface area (Å²) in [5.41, 5.74) is 1.03. The van der Waals surface area contributed by atoms with Gasteiger partial charge in [0.2, 0.25) is 0 Å². The Morgan fingerprint density at radius 3 is 2.58 bits per heavy atom. The maximum absolute atomic E-state index is 12.0. The average Bonchev–Trinajstić information content (AvgIpc) is 2.92. The number of aromatic nitrogens is 4. The number of carbonyl (C=O) groups is 2. The lowest BCUT2D eigenvalue weighted by Gasteiger charge is -2.03. The summed E-state index contributed by atoms with van der Waals surface area (Å²) in [6.45, 7) is 3.68. The first-order chi connectivity index (χ1) is 11.4. The molecule has 9 heteroatoms. The number of ether oxygens (including phenoxy) is 1. The smallest absolute Gasteiger partial charge is 0.330 e. The predicted octanol–water partition coefficient (Wildman–Crippen LogP) is 0.0314. The molecule has 0 saturated carbocycles. The zero-order chi connectivity index (χ0) is 17.7. The van der Waals surface area contributed by atoms with Crippen molar-refractivity contribution in [1.82, 2.24) is 25.1 Å². The number of nitrogens with one attached hydrogen (secondary N) is 2. The molecule has 0 aliphatic carbocycles. The van der Waals surface area contributed by atoms with Gasteiger partial charge in [-0.2, -0.15) is 4.68 Å². The molecule has 0 aliphatic heterocycles. The van der Waals surface area contributed by atoms with Gasteiger partial charge in [-0.25, -0.2) is 14.8 Å². The Hall–Kier alpha value is -3.23. The molecule has 24 heavy (non-hydrogen) atoms. The summed E-state index contributed by atoms with van der Waals surface area (Å²) in [5.74, 6) is -0.845. The van der Waals surface area contributed by atoms with Gasteiger partial charge in [-0.3, -0.25) is 14.7 Å². The van der Waals surface area contributed by atoms with Crippen molar-refractivity contribution >= 4 is 11.9 Å². The lowest BCUT2D eigenvalue weighted by atomic mass is 10.4. The fourth-order valence-electron chi connectivity index (χ4n) is 1.94. The van der Waals surface area contributed by atoms with Crippen LogP contribution < -0.4 is 10.9 Å². The van der Waals surface area contributed by atoms with Crippen molar-refractivity contribution in [3.63, 3.8) is 0 Å². The number of esters is 1. The Morgan fingerprint density at radius 1 is 1.29 bits per heavy atom. The Morgan fingerprint density at radius 2 is 1.96 bits per heavy atom. The molecule has 0 bridgehead atoms. The molecular weight excluding hydrogens is 314 g/mol. The number of amides is 1. The van der Waals surface area contributed by atoms with Crippen molar-refractivity contribution in [3.05, 3.63) is 51.7 Å². The quantitative estimate of drug-likeness (QED) is 0.589. The van der Waals surface area contributed by atoms with Crippen molar-refractivity contribution in [3.8, 4) is 5.95 Å². The summed E-state index contributed by atoms with van der Waals surface area (Å²) in [4.78, 5) is 43.3. The summed E-state index contributed by atoms with van der Waals surface area (Å²) in [6, 6.07) is 2.93. The van der Waals surface area contributed by atoms with Crippen LogP contribution in [-0.2, 0) is 9.53 Å². The van der Waals surface area contributed by atoms with E-state index in [-0.39, 0.29) is 18.2 Å². The second kappa shape index (κ2) is 7.36. The van der Waals surface area contributed by atoms with Crippen LogP contribution in [0.1, 0.15) is 21.9 Å². The normalized spacial score (nSPS) is 10.8. The number of carbonyl (C=O) groups excluding carboxylic acids is 2. The standard InChI is InChI=1S/C15H17N5O4/c1-9-7-10(2)18-15(17-9)20-12(21)8-11(19-20)14(23)16-6-4-5-13(22)24-3/h4-5,7-8,19H,6H2,1-3H3,(H,16,23)/b5-4+. The van der Waals surface area contributed by atoms with Crippen LogP contribution >= 0.6 is 0 Å². The lowest BCUT2D eigenvalue weighted by Crippen LogP contribution is -2.24. The number of H-pyrrole nitrogens is 1. The Labute approximate surface area is 137 Å². The highest BCUT2D eigenvalue weighted by molar-refractivity contribution is 5.92. The van der Waals surface area contributed by atoms with Crippen LogP contribution in [0.15, 0.2) is 29.1 Å². The van der Waals surface area contributed by atoms with E-state index in [9.17, 15) is 14.4 Å². The van der Waals surface area contributed by atoms with Crippen LogP contribution in [0.4, 0.5) is 0 Å². The number of hydrogen-bond donors (Lipinski definition) is 2. The first-order valence-electron chi connectivity index (χ1n) is 7.08. The zero-order valence-corrected chi connectivity index (χ0v) is 13.5. The summed E-state index contributed by atoms with van der Waals surface area (Å²) in [7, 11) is 1.26. The van der Waals surface area contributed by atoms with Crippen molar-refractivity contribution in [2.75, 3.05) is 13.7 Å². The summed E-state index contributed by atoms with van der Waals surface area (Å²) >= 11 is 0. The van der Waals surface area contributed by atoms with E-state index in [1.54, 1.807) is 19.9 Å². The number of aryl methyl sites for hydroxylation is 2. The highest BCUT2D eigenvalue weighted by Gasteiger charge is 2.13. The van der Waals surface area contributed by atoms with E-state index in [1.165, 1.54) is 19.3 Å². The van der Waals surface area contributed by atoms with Gasteiger partial charge in [0.15, 0.2) is 0 Å². The van der Waals surface area contributed by atoms with E-state index in [4.69, 9.17) is 0 Å². The fourth-order valence-corrected chi connectivity index (χ4v) is 1.94. The van der Waals surface area contributed by atoms with Crippen LogP contribution in [0.25, 0.3) is 5.95 Å². The van der Waals surface area contributed by atoms with Crippen LogP contribution in [-0.4, -0.2) is 45.3 Å². The van der Waals surface area contributed by atoms with Crippen LogP contribution in [0.2, 0.25) is 0 Å². The summed E-state index contributed by atoms with van der Waals surface area (Å²) in [5, 5.41) is 5.20. The molecule has 0 unspecified atom stereocenters. The van der Waals surface area contributed by atoms with Gasteiger partial charge < -0.3 is 10.1 Å². The summed E-state index contributed by atoms with van der Waals surface area (Å²) in [6.07, 6.45) is 2.63. The molecule has 2 rings (SSSR count). The Kier molecular flexibility index (Phi) is 5.25. The molecule has 0 spiro atoms. The largest absolute Gasteiger partial charge is 0.466 e. The van der Waals surface area contributed by atoms with Crippen molar-refractivity contribution in [2.24, 2.45) is 0 Å². The molecule has 2 heterocycles. The van der Waals surface area contributed by atoms with Gasteiger partial charge in [0.25, 0.3) is 17.4 Å². The van der Waals surface area contributed by atoms with Gasteiger partial charge >= 0.3 is 5.97 Å². The summed E-state index contributed by atoms with van der Waals surface area (Å²) < 4.78 is 5.52. The van der Waals surface area contributed by atoms with Gasteiger partial charge in [-0.15, -0.1) is 0 Å². The van der Waals surface area contributed by atoms with Crippen LogP contribution in [0.3, 0.4) is 0 Å². The van der Waals surface area contributed by atoms with Gasteiger partial charge in [0.05, 0.1) is 7.11 Å². The molecule has 0 aliphatic rings. The number of methoxy groups -OCH3 is 1. The lowest BCUT2D eigenvalue weighted by molar-refractivity contribution is -0.134. The van der Waals surface area contributed by atoms with Gasteiger partial charge in [-0.1, -0.05) is 6.08 Å². The fraction of sp³-hybridized carbons (Fsp3) is 0.267. The average molecular weight is 331 g/mol. The second-order valence-corrected chi connectivity index (χ2v) is 4.93. The number of aromatic amines is 1. The van der Waals surface area contributed by atoms with Crippen molar-refractivity contribution in [2.45, 2.75) is 13.8 Å². The molecule has 0 radical (unpaired) electrons. The minimum atomic E-state index is -0.518. The predicted molar refractivity (Wildman–Crippen MR) is 84.9 cm³/mol. The monoisotopic (exact) mass is 331 g/mol. The molecule has 0 aromatic carbocycles. The third-order valence-electron chi connectivity index (χ3n) is 2.97. The minimum Gasteiger partial charge on any atom is -0.466 e. The molecule has 2 N–H and O–H groups in total. The molecule has 2 aromatic heterocycles. The minimum absolute atomic E-state index is 0.0641. The molecule has 126 valence electrons. The Bertz CT molecular complexity index is 830. The molecule has 9 nitrogen and oxygen atoms in total. The van der Waals surface area contributed by atoms with E-state index < -0.39 is 17.4 Å². The van der Waals surface area contributed by atoms with Gasteiger partial charge in [-0.05, 0) is 19.9 Å². The molecule has 0 atom stereocenters. The topological polar surface area (TPSA) is 119 Å². The maximum Gasteiger partial charge on any atom is 0.330 e. The highest BCUT2D eigenvalue weighted by atomic mass is 16.5. The van der Waals surface area contributed by atoms with E-state index in [2.05, 4.69) is 25.1 Å². The van der Waals surface area contributed by atoms with E-state index in [0.29, 0.717) is 11.4 Å². The number of nitrogens with zero attached hydrogens (tertiary/aromatic N) is 3. The maximum atomic E-state index is 12.0. The van der Waals surface area contributed by atoms with Gasteiger partial charge in [0, 0.05) is 30.1 Å². The third-order valence-corrected chi connectivity index (χ3v) is 2.97. The molecule has 0 fully saturated rings. The first-order valence-corrected chi connectivity index (χ1v) is 7.08. The third kappa shape index (κ3) is 4.15. The van der Waals surface area contributed by atoms with Crippen LogP contribution in [0.5, 0.6) is 0 Å². The van der Waals surface area contributed by atoms with Crippen LogP contribution in [0, 0.1) is 13.8 Å². The molecule has 1 amide bonds. The van der Waals surface area contributed by atoms with E-state index in [1.807, 2.05) is 0 Å². The second-order valence-electron chi connectivity index (χ2n) is 4.93. The van der Waals surface area contributed by atoms with Crippen molar-refractivity contribution in [1.29, 1.82) is 0 Å². The molecule has 2 aromatic rings. The van der Waals surface area contributed by atoms with E-state index in [0.717, 1.165) is 10.7 Å². The Balaban J connectivity index is 2.13. The van der Waals surface area contributed by atoms with E-state index >= 15 is 0 Å². The molecule has 0 saturated heterocycles. The number of rotatable bonds is 5. The zero-order valence-electron chi connectivity index (χ0n) is 13.5. The van der Waals surface area contributed by atoms with Crippen molar-refractivity contribution < 1.29 is 14.3 Å². The highest BCUT2D eigenvalue weighted by Crippen LogP contribution is 2.02. The SMILES string of the molecule is COC(=O)/C=C/CNC(=O)c1cc(=O)n(-c2nc(C)cc(C)n2)[nH]1. The first kappa shape index (κ1) is 17.1.